The van der Waals surface area contributed by atoms with Crippen molar-refractivity contribution in [3.05, 3.63) is 58.6 Å². The van der Waals surface area contributed by atoms with Crippen molar-refractivity contribution < 1.29 is 18.3 Å². The summed E-state index contributed by atoms with van der Waals surface area (Å²) in [6, 6.07) is 11.3. The highest BCUT2D eigenvalue weighted by Crippen LogP contribution is 2.40. The number of carboxylic acids is 1. The number of hydrogen-bond acceptors (Lipinski definition) is 3. The van der Waals surface area contributed by atoms with E-state index in [-0.39, 0.29) is 11.4 Å². The van der Waals surface area contributed by atoms with E-state index in [2.05, 4.69) is 0 Å². The van der Waals surface area contributed by atoms with Gasteiger partial charge < -0.3 is 5.11 Å². The van der Waals surface area contributed by atoms with E-state index in [0.717, 1.165) is 4.31 Å². The second kappa shape index (κ2) is 5.54. The second-order valence-electron chi connectivity index (χ2n) is 5.35. The van der Waals surface area contributed by atoms with Gasteiger partial charge in [0.15, 0.2) is 0 Å². The lowest BCUT2D eigenvalue weighted by atomic mass is 10.0. The van der Waals surface area contributed by atoms with Crippen LogP contribution in [0.25, 0.3) is 0 Å². The summed E-state index contributed by atoms with van der Waals surface area (Å²) >= 11 is 6.03. The molecule has 0 fully saturated rings. The van der Waals surface area contributed by atoms with E-state index in [1.165, 1.54) is 6.07 Å². The largest absolute Gasteiger partial charge is 0.481 e. The summed E-state index contributed by atoms with van der Waals surface area (Å²) in [6.07, 6.45) is 0. The van der Waals surface area contributed by atoms with E-state index in [1.54, 1.807) is 43.3 Å². The molecule has 0 aromatic heterocycles. The first-order valence-electron chi connectivity index (χ1n) is 6.93. The molecule has 0 unspecified atom stereocenters. The zero-order chi connectivity index (χ0) is 16.8. The molecule has 0 saturated carbocycles. The van der Waals surface area contributed by atoms with Crippen LogP contribution in [0.3, 0.4) is 0 Å². The average molecular weight is 352 g/mol. The Morgan fingerprint density at radius 3 is 2.61 bits per heavy atom. The molecule has 7 heteroatoms. The lowest BCUT2D eigenvalue weighted by Crippen LogP contribution is -2.31. The minimum Gasteiger partial charge on any atom is -0.481 e. The first-order valence-corrected chi connectivity index (χ1v) is 8.75. The van der Waals surface area contributed by atoms with Gasteiger partial charge in [0.05, 0.1) is 17.1 Å². The van der Waals surface area contributed by atoms with Crippen LogP contribution in [0.15, 0.2) is 47.4 Å². The summed E-state index contributed by atoms with van der Waals surface area (Å²) in [5.41, 5.74) is 1.35. The van der Waals surface area contributed by atoms with Crippen LogP contribution in [-0.2, 0) is 14.8 Å². The Bertz CT molecular complexity index is 895. The first-order chi connectivity index (χ1) is 10.8. The van der Waals surface area contributed by atoms with Gasteiger partial charge >= 0.3 is 5.97 Å². The van der Waals surface area contributed by atoms with Crippen LogP contribution in [0.4, 0.5) is 5.69 Å². The van der Waals surface area contributed by atoms with E-state index < -0.39 is 21.9 Å². The van der Waals surface area contributed by atoms with Crippen molar-refractivity contribution in [1.82, 2.24) is 0 Å². The molecule has 0 bridgehead atoms. The number of halogens is 1. The summed E-state index contributed by atoms with van der Waals surface area (Å²) in [6.45, 7) is 1.51. The molecule has 1 heterocycles. The standard InChI is InChI=1S/C16H14ClNO4S/c1-10-13(17)6-4-8-15(10)23(21,22)18-9-12(16(19)20)11-5-2-3-7-14(11)18/h2-8,12H,9H2,1H3,(H,19,20)/t12-/m0/s1. The molecule has 5 nitrogen and oxygen atoms in total. The Labute approximate surface area is 139 Å². The number of para-hydroxylation sites is 1. The van der Waals surface area contributed by atoms with E-state index in [4.69, 9.17) is 11.6 Å². The Kier molecular flexibility index (Phi) is 3.82. The third-order valence-electron chi connectivity index (χ3n) is 4.01. The van der Waals surface area contributed by atoms with Gasteiger partial charge in [0.1, 0.15) is 5.92 Å². The molecule has 2 aromatic carbocycles. The first kappa shape index (κ1) is 15.8. The topological polar surface area (TPSA) is 74.7 Å². The maximum absolute atomic E-state index is 13.0. The van der Waals surface area contributed by atoms with Gasteiger partial charge in [-0.3, -0.25) is 9.10 Å². The number of nitrogens with zero attached hydrogens (tertiary/aromatic N) is 1. The highest BCUT2D eigenvalue weighted by molar-refractivity contribution is 7.93. The summed E-state index contributed by atoms with van der Waals surface area (Å²) < 4.78 is 27.2. The fourth-order valence-corrected chi connectivity index (χ4v) is 4.78. The quantitative estimate of drug-likeness (QED) is 0.922. The molecule has 23 heavy (non-hydrogen) atoms. The normalized spacial score (nSPS) is 17.1. The molecule has 1 N–H and O–H groups in total. The van der Waals surface area contributed by atoms with Crippen molar-refractivity contribution in [2.75, 3.05) is 10.8 Å². The van der Waals surface area contributed by atoms with Gasteiger partial charge in [0.25, 0.3) is 10.0 Å². The van der Waals surface area contributed by atoms with Gasteiger partial charge in [-0.15, -0.1) is 0 Å². The van der Waals surface area contributed by atoms with Crippen LogP contribution in [0.1, 0.15) is 17.0 Å². The molecule has 0 saturated heterocycles. The molecule has 0 radical (unpaired) electrons. The van der Waals surface area contributed by atoms with Crippen LogP contribution >= 0.6 is 11.6 Å². The monoisotopic (exact) mass is 351 g/mol. The van der Waals surface area contributed by atoms with E-state index in [9.17, 15) is 18.3 Å². The molecule has 1 aliphatic rings. The molecule has 3 rings (SSSR count). The van der Waals surface area contributed by atoms with Crippen molar-refractivity contribution in [3.63, 3.8) is 0 Å². The highest BCUT2D eigenvalue weighted by atomic mass is 35.5. The Hall–Kier alpha value is -2.05. The maximum Gasteiger partial charge on any atom is 0.312 e. The smallest absolute Gasteiger partial charge is 0.312 e. The van der Waals surface area contributed by atoms with Crippen LogP contribution in [0.5, 0.6) is 0 Å². The molecule has 2 aromatic rings. The van der Waals surface area contributed by atoms with Crippen molar-refractivity contribution in [3.8, 4) is 0 Å². The van der Waals surface area contributed by atoms with E-state index >= 15 is 0 Å². The number of anilines is 1. The fourth-order valence-electron chi connectivity index (χ4n) is 2.80. The number of carbonyl (C=O) groups is 1. The maximum atomic E-state index is 13.0. The number of fused-ring (bicyclic) bond motifs is 1. The number of sulfonamides is 1. The number of rotatable bonds is 3. The Morgan fingerprint density at radius 1 is 1.22 bits per heavy atom. The lowest BCUT2D eigenvalue weighted by Gasteiger charge is -2.21. The van der Waals surface area contributed by atoms with Crippen molar-refractivity contribution in [1.29, 1.82) is 0 Å². The number of benzene rings is 2. The minimum atomic E-state index is -3.89. The zero-order valence-corrected chi connectivity index (χ0v) is 13.8. The lowest BCUT2D eigenvalue weighted by molar-refractivity contribution is -0.138. The number of carboxylic acid groups (broad SMARTS) is 1. The molecule has 120 valence electrons. The van der Waals surface area contributed by atoms with E-state index in [1.807, 2.05) is 0 Å². The van der Waals surface area contributed by atoms with Crippen molar-refractivity contribution in [2.45, 2.75) is 17.7 Å². The van der Waals surface area contributed by atoms with Gasteiger partial charge in [-0.2, -0.15) is 0 Å². The third-order valence-corrected chi connectivity index (χ3v) is 6.35. The minimum absolute atomic E-state index is 0.0887. The predicted octanol–water partition coefficient (Wildman–Crippen LogP) is 3.03. The van der Waals surface area contributed by atoms with Gasteiger partial charge in [-0.1, -0.05) is 35.9 Å². The summed E-state index contributed by atoms with van der Waals surface area (Å²) in [7, 11) is -3.89. The Morgan fingerprint density at radius 2 is 1.91 bits per heavy atom. The molecule has 1 atom stereocenters. The molecule has 0 aliphatic carbocycles. The van der Waals surface area contributed by atoms with Crippen LogP contribution in [0.2, 0.25) is 5.02 Å². The average Bonchev–Trinajstić information content (AvgIpc) is 2.90. The van der Waals surface area contributed by atoms with Gasteiger partial charge in [0, 0.05) is 5.02 Å². The third kappa shape index (κ3) is 2.48. The molecule has 0 amide bonds. The van der Waals surface area contributed by atoms with Crippen molar-refractivity contribution in [2.24, 2.45) is 0 Å². The molecule has 1 aliphatic heterocycles. The molecule has 0 spiro atoms. The molecular formula is C16H14ClNO4S. The highest BCUT2D eigenvalue weighted by Gasteiger charge is 2.40. The van der Waals surface area contributed by atoms with Gasteiger partial charge in [0.2, 0.25) is 0 Å². The Balaban J connectivity index is 2.15. The van der Waals surface area contributed by atoms with Gasteiger partial charge in [-0.05, 0) is 36.2 Å². The summed E-state index contributed by atoms with van der Waals surface area (Å²) in [4.78, 5) is 11.5. The van der Waals surface area contributed by atoms with E-state index in [0.29, 0.717) is 21.8 Å². The second-order valence-corrected chi connectivity index (χ2v) is 7.59. The fraction of sp³-hybridized carbons (Fsp3) is 0.188. The summed E-state index contributed by atoms with van der Waals surface area (Å²) in [5.74, 6) is -1.92. The molecular weight excluding hydrogens is 338 g/mol. The predicted molar refractivity (Wildman–Crippen MR) is 87.5 cm³/mol. The number of aliphatic carboxylic acids is 1. The summed E-state index contributed by atoms with van der Waals surface area (Å²) in [5, 5.41) is 9.73. The van der Waals surface area contributed by atoms with Crippen LogP contribution < -0.4 is 4.31 Å². The van der Waals surface area contributed by atoms with Gasteiger partial charge in [-0.25, -0.2) is 8.42 Å². The van der Waals surface area contributed by atoms with Crippen molar-refractivity contribution >= 4 is 33.3 Å². The number of hydrogen-bond donors (Lipinski definition) is 1. The zero-order valence-electron chi connectivity index (χ0n) is 12.2. The van der Waals surface area contributed by atoms with Crippen LogP contribution in [0, 0.1) is 6.92 Å². The van der Waals surface area contributed by atoms with Crippen LogP contribution in [-0.4, -0.2) is 26.0 Å². The SMILES string of the molecule is Cc1c(Cl)cccc1S(=O)(=O)N1C[C@H](C(=O)O)c2ccccc21.